The van der Waals surface area contributed by atoms with Gasteiger partial charge in [0.15, 0.2) is 6.61 Å². The monoisotopic (exact) mass is 379 g/mol. The molecule has 1 aliphatic rings. The van der Waals surface area contributed by atoms with Crippen LogP contribution in [0.5, 0.6) is 0 Å². The van der Waals surface area contributed by atoms with E-state index in [0.29, 0.717) is 23.3 Å². The number of pyridine rings is 1. The minimum atomic E-state index is -0.361. The van der Waals surface area contributed by atoms with E-state index in [4.69, 9.17) is 14.1 Å². The summed E-state index contributed by atoms with van der Waals surface area (Å²) >= 11 is 0. The van der Waals surface area contributed by atoms with Crippen LogP contribution in [-0.4, -0.2) is 21.2 Å². The number of hydrogen-bond acceptors (Lipinski definition) is 6. The topological polar surface area (TPSA) is 78.1 Å². The lowest BCUT2D eigenvalue weighted by Gasteiger charge is -2.35. The summed E-state index contributed by atoms with van der Waals surface area (Å²) in [6.07, 6.45) is 2.80. The molecule has 2 heterocycles. The summed E-state index contributed by atoms with van der Waals surface area (Å²) in [5, 5.41) is 8.51. The standard InChI is InChI=1S/C22H25N3O3/c1-13-24-25-19(28-13)12-27-21(26)20-15-7-5-6-8-17(15)23-18-10-9-14(11-16(18)20)22(2,3)4/h5-8,14H,9-12H2,1-4H3/t14-/m0/s1. The van der Waals surface area contributed by atoms with Crippen LogP contribution in [0.1, 0.15) is 60.6 Å². The molecule has 2 aromatic heterocycles. The number of nitrogens with zero attached hydrogens (tertiary/aromatic N) is 3. The van der Waals surface area contributed by atoms with E-state index in [9.17, 15) is 4.79 Å². The fourth-order valence-corrected chi connectivity index (χ4v) is 3.96. The first-order valence-corrected chi connectivity index (χ1v) is 9.69. The molecular weight excluding hydrogens is 354 g/mol. The van der Waals surface area contributed by atoms with Crippen LogP contribution >= 0.6 is 0 Å². The number of para-hydroxylation sites is 1. The van der Waals surface area contributed by atoms with Gasteiger partial charge in [0, 0.05) is 18.0 Å². The van der Waals surface area contributed by atoms with Crippen LogP contribution in [0, 0.1) is 18.3 Å². The molecule has 0 unspecified atom stereocenters. The predicted molar refractivity (Wildman–Crippen MR) is 105 cm³/mol. The molecule has 0 aliphatic heterocycles. The van der Waals surface area contributed by atoms with Gasteiger partial charge in [-0.1, -0.05) is 39.0 Å². The van der Waals surface area contributed by atoms with Gasteiger partial charge in [0.2, 0.25) is 5.89 Å². The molecule has 3 aromatic rings. The fraction of sp³-hybridized carbons (Fsp3) is 0.455. The maximum Gasteiger partial charge on any atom is 0.339 e. The molecule has 6 heteroatoms. The molecule has 0 radical (unpaired) electrons. The minimum Gasteiger partial charge on any atom is -0.452 e. The van der Waals surface area contributed by atoms with Crippen LogP contribution in [0.2, 0.25) is 0 Å². The number of carbonyl (C=O) groups excluding carboxylic acids is 1. The predicted octanol–water partition coefficient (Wildman–Crippen LogP) is 4.43. The van der Waals surface area contributed by atoms with Gasteiger partial charge in [-0.25, -0.2) is 4.79 Å². The summed E-state index contributed by atoms with van der Waals surface area (Å²) in [5.41, 5.74) is 3.67. The van der Waals surface area contributed by atoms with Gasteiger partial charge in [0.05, 0.1) is 11.1 Å². The molecule has 146 valence electrons. The Morgan fingerprint density at radius 3 is 2.75 bits per heavy atom. The van der Waals surface area contributed by atoms with E-state index >= 15 is 0 Å². The molecule has 0 N–H and O–H groups in total. The molecular formula is C22H25N3O3. The Bertz CT molecular complexity index is 1030. The third-order valence-corrected chi connectivity index (χ3v) is 5.58. The Morgan fingerprint density at radius 2 is 2.04 bits per heavy atom. The number of aryl methyl sites for hydroxylation is 2. The van der Waals surface area contributed by atoms with Crippen molar-refractivity contribution in [1.29, 1.82) is 0 Å². The van der Waals surface area contributed by atoms with E-state index in [1.807, 2.05) is 24.3 Å². The average Bonchev–Trinajstić information content (AvgIpc) is 3.08. The SMILES string of the molecule is Cc1nnc(COC(=O)c2c3c(nc4ccccc24)CC[C@H](C(C)(C)C)C3)o1. The second kappa shape index (κ2) is 7.00. The third-order valence-electron chi connectivity index (χ3n) is 5.58. The van der Waals surface area contributed by atoms with Gasteiger partial charge in [-0.15, -0.1) is 10.2 Å². The first kappa shape index (κ1) is 18.6. The van der Waals surface area contributed by atoms with E-state index < -0.39 is 0 Å². The summed E-state index contributed by atoms with van der Waals surface area (Å²) in [5.74, 6) is 0.879. The van der Waals surface area contributed by atoms with Crippen molar-refractivity contribution in [2.45, 2.75) is 53.6 Å². The van der Waals surface area contributed by atoms with E-state index in [-0.39, 0.29) is 18.0 Å². The Hall–Kier alpha value is -2.76. The highest BCUT2D eigenvalue weighted by atomic mass is 16.5. The highest BCUT2D eigenvalue weighted by Crippen LogP contribution is 2.39. The summed E-state index contributed by atoms with van der Waals surface area (Å²) < 4.78 is 10.9. The molecule has 0 spiro atoms. The largest absolute Gasteiger partial charge is 0.452 e. The number of benzene rings is 1. The van der Waals surface area contributed by atoms with Gasteiger partial charge < -0.3 is 9.15 Å². The normalized spacial score (nSPS) is 16.8. The highest BCUT2D eigenvalue weighted by Gasteiger charge is 2.33. The molecule has 0 amide bonds. The van der Waals surface area contributed by atoms with Gasteiger partial charge in [-0.3, -0.25) is 4.98 Å². The number of ether oxygens (including phenoxy) is 1. The molecule has 0 fully saturated rings. The lowest BCUT2D eigenvalue weighted by atomic mass is 9.70. The molecule has 6 nitrogen and oxygen atoms in total. The second-order valence-corrected chi connectivity index (χ2v) is 8.53. The van der Waals surface area contributed by atoms with Gasteiger partial charge in [-0.05, 0) is 42.2 Å². The average molecular weight is 379 g/mol. The molecule has 1 aliphatic carbocycles. The van der Waals surface area contributed by atoms with Crippen molar-refractivity contribution in [3.05, 3.63) is 52.9 Å². The number of esters is 1. The first-order valence-electron chi connectivity index (χ1n) is 9.69. The smallest absolute Gasteiger partial charge is 0.339 e. The molecule has 1 aromatic carbocycles. The Kier molecular flexibility index (Phi) is 4.65. The molecule has 4 rings (SSSR count). The summed E-state index contributed by atoms with van der Waals surface area (Å²) in [4.78, 5) is 18.0. The van der Waals surface area contributed by atoms with Gasteiger partial charge in [-0.2, -0.15) is 0 Å². The molecule has 0 bridgehead atoms. The van der Waals surface area contributed by atoms with Gasteiger partial charge in [0.25, 0.3) is 5.89 Å². The van der Waals surface area contributed by atoms with E-state index in [2.05, 4.69) is 31.0 Å². The number of hydrogen-bond donors (Lipinski definition) is 0. The van der Waals surface area contributed by atoms with Crippen molar-refractivity contribution in [3.8, 4) is 0 Å². The molecule has 0 saturated carbocycles. The second-order valence-electron chi connectivity index (χ2n) is 8.53. The zero-order valence-corrected chi connectivity index (χ0v) is 16.8. The lowest BCUT2D eigenvalue weighted by molar-refractivity contribution is 0.0436. The van der Waals surface area contributed by atoms with Crippen molar-refractivity contribution < 1.29 is 13.9 Å². The van der Waals surface area contributed by atoms with Crippen molar-refractivity contribution >= 4 is 16.9 Å². The van der Waals surface area contributed by atoms with Crippen LogP contribution in [-0.2, 0) is 24.2 Å². The number of rotatable bonds is 3. The Morgan fingerprint density at radius 1 is 1.25 bits per heavy atom. The number of aromatic nitrogens is 3. The fourth-order valence-electron chi connectivity index (χ4n) is 3.96. The molecule has 1 atom stereocenters. The van der Waals surface area contributed by atoms with Crippen molar-refractivity contribution in [3.63, 3.8) is 0 Å². The molecule has 28 heavy (non-hydrogen) atoms. The van der Waals surface area contributed by atoms with E-state index in [1.165, 1.54) is 0 Å². The lowest BCUT2D eigenvalue weighted by Crippen LogP contribution is -2.29. The Balaban J connectivity index is 1.74. The quantitative estimate of drug-likeness (QED) is 0.626. The zero-order chi connectivity index (χ0) is 19.9. The zero-order valence-electron chi connectivity index (χ0n) is 16.8. The van der Waals surface area contributed by atoms with E-state index in [1.54, 1.807) is 6.92 Å². The van der Waals surface area contributed by atoms with Crippen molar-refractivity contribution in [2.75, 3.05) is 0 Å². The number of carbonyl (C=O) groups is 1. The third kappa shape index (κ3) is 3.51. The van der Waals surface area contributed by atoms with Crippen LogP contribution in [0.4, 0.5) is 0 Å². The minimum absolute atomic E-state index is 0.0339. The summed E-state index contributed by atoms with van der Waals surface area (Å²) in [7, 11) is 0. The highest BCUT2D eigenvalue weighted by molar-refractivity contribution is 6.05. The maximum absolute atomic E-state index is 13.1. The number of fused-ring (bicyclic) bond motifs is 2. The summed E-state index contributed by atoms with van der Waals surface area (Å²) in [6, 6.07) is 7.76. The maximum atomic E-state index is 13.1. The van der Waals surface area contributed by atoms with E-state index in [0.717, 1.165) is 41.4 Å². The van der Waals surface area contributed by atoms with Crippen molar-refractivity contribution in [1.82, 2.24) is 15.2 Å². The molecule has 0 saturated heterocycles. The van der Waals surface area contributed by atoms with Crippen LogP contribution in [0.25, 0.3) is 10.9 Å². The van der Waals surface area contributed by atoms with Gasteiger partial charge in [0.1, 0.15) is 0 Å². The summed E-state index contributed by atoms with van der Waals surface area (Å²) in [6.45, 7) is 8.44. The van der Waals surface area contributed by atoms with Crippen LogP contribution < -0.4 is 0 Å². The Labute approximate surface area is 164 Å². The first-order chi connectivity index (χ1) is 13.3. The van der Waals surface area contributed by atoms with Crippen LogP contribution in [0.15, 0.2) is 28.7 Å². The van der Waals surface area contributed by atoms with Crippen molar-refractivity contribution in [2.24, 2.45) is 11.3 Å². The van der Waals surface area contributed by atoms with Gasteiger partial charge >= 0.3 is 5.97 Å². The van der Waals surface area contributed by atoms with Crippen LogP contribution in [0.3, 0.4) is 0 Å².